The van der Waals surface area contributed by atoms with Crippen molar-refractivity contribution in [2.24, 2.45) is 10.9 Å². The molecule has 0 atom stereocenters. The summed E-state index contributed by atoms with van der Waals surface area (Å²) >= 11 is 0. The summed E-state index contributed by atoms with van der Waals surface area (Å²) in [6.07, 6.45) is 8.57. The maximum Gasteiger partial charge on any atom is 0.404 e. The molecule has 1 saturated carbocycles. The number of guanidine groups is 1. The van der Waals surface area contributed by atoms with Crippen LogP contribution in [0, 0.1) is 17.4 Å². The van der Waals surface area contributed by atoms with E-state index in [0.717, 1.165) is 57.1 Å². The molecule has 1 aromatic heterocycles. The summed E-state index contributed by atoms with van der Waals surface area (Å²) in [5.41, 5.74) is 0.738. The lowest BCUT2D eigenvalue weighted by Crippen LogP contribution is -2.39. The molecule has 0 aromatic carbocycles. The van der Waals surface area contributed by atoms with Gasteiger partial charge in [-0.1, -0.05) is 43.0 Å². The van der Waals surface area contributed by atoms with Gasteiger partial charge in [0.1, 0.15) is 0 Å². The number of nitrogens with zero attached hydrogens (tertiary/aromatic N) is 4. The highest BCUT2D eigenvalue weighted by Gasteiger charge is 2.39. The van der Waals surface area contributed by atoms with Crippen molar-refractivity contribution in [1.82, 2.24) is 14.8 Å². The number of aliphatic imine (C=N–C) groups is 1. The quantitative estimate of drug-likeness (QED) is 0.0899. The number of nitrogens with one attached hydrogen (secondary N) is 2. The molecule has 1 fully saturated rings. The fourth-order valence-corrected chi connectivity index (χ4v) is 5.10. The lowest BCUT2D eigenvalue weighted by Gasteiger charge is -2.26. The average Bonchev–Trinajstić information content (AvgIpc) is 2.82. The predicted octanol–water partition coefficient (Wildman–Crippen LogP) is 4.58. The van der Waals surface area contributed by atoms with Gasteiger partial charge >= 0.3 is 6.18 Å². The minimum absolute atomic E-state index is 0.102. The van der Waals surface area contributed by atoms with E-state index in [1.54, 1.807) is 24.5 Å². The van der Waals surface area contributed by atoms with Crippen molar-refractivity contribution in [3.05, 3.63) is 24.5 Å². The molecule has 1 heterocycles. The number of alkyl halides is 3. The van der Waals surface area contributed by atoms with Crippen LogP contribution in [0.15, 0.2) is 29.5 Å². The standard InChI is InChI=1S/C23H35F3N6O3S/c24-23(25,26)18-36(33,34)32(35-17-20-9-5-4-6-10-20)16-8-3-1-2-7-13-29-22(30-19-27)31-21-11-14-28-15-12-21/h11-12,14-15,20H,1-10,13,16-18H2,(H2,28,29,30,31). The minimum Gasteiger partial charge on any atom is -0.325 e. The molecule has 2 rings (SSSR count). The van der Waals surface area contributed by atoms with E-state index in [0.29, 0.717) is 29.8 Å². The molecule has 0 bridgehead atoms. The van der Waals surface area contributed by atoms with Gasteiger partial charge in [0.25, 0.3) is 0 Å². The Kier molecular flexibility index (Phi) is 12.9. The van der Waals surface area contributed by atoms with E-state index in [4.69, 9.17) is 10.1 Å². The first kappa shape index (κ1) is 29.8. The number of hydroxylamine groups is 1. The van der Waals surface area contributed by atoms with Crippen molar-refractivity contribution in [2.75, 3.05) is 30.8 Å². The molecule has 36 heavy (non-hydrogen) atoms. The third-order valence-electron chi connectivity index (χ3n) is 5.72. The van der Waals surface area contributed by atoms with E-state index >= 15 is 0 Å². The molecule has 202 valence electrons. The summed E-state index contributed by atoms with van der Waals surface area (Å²) in [5.74, 6) is -1.42. The van der Waals surface area contributed by atoms with Crippen LogP contribution in [0.25, 0.3) is 0 Å². The Balaban J connectivity index is 1.74. The highest BCUT2D eigenvalue weighted by Crippen LogP contribution is 2.25. The molecule has 0 aliphatic heterocycles. The van der Waals surface area contributed by atoms with E-state index in [2.05, 4.69) is 20.6 Å². The number of rotatable bonds is 14. The molecule has 9 nitrogen and oxygen atoms in total. The van der Waals surface area contributed by atoms with Crippen molar-refractivity contribution in [2.45, 2.75) is 70.4 Å². The van der Waals surface area contributed by atoms with Gasteiger partial charge in [0.15, 0.2) is 11.9 Å². The Labute approximate surface area is 211 Å². The van der Waals surface area contributed by atoms with Crippen LogP contribution in [-0.2, 0) is 14.9 Å². The summed E-state index contributed by atoms with van der Waals surface area (Å²) in [6.45, 7) is 0.496. The normalized spacial score (nSPS) is 15.6. The van der Waals surface area contributed by atoms with Crippen LogP contribution in [0.1, 0.15) is 64.2 Å². The molecule has 0 radical (unpaired) electrons. The molecule has 2 N–H and O–H groups in total. The van der Waals surface area contributed by atoms with Crippen LogP contribution in [-0.4, -0.2) is 55.5 Å². The molecular weight excluding hydrogens is 497 g/mol. The van der Waals surface area contributed by atoms with Crippen LogP contribution >= 0.6 is 0 Å². The second kappa shape index (κ2) is 15.6. The monoisotopic (exact) mass is 532 g/mol. The third kappa shape index (κ3) is 12.5. The Bertz CT molecular complexity index is 933. The smallest absolute Gasteiger partial charge is 0.325 e. The highest BCUT2D eigenvalue weighted by molar-refractivity contribution is 7.89. The number of pyridine rings is 1. The second-order valence-corrected chi connectivity index (χ2v) is 10.7. The summed E-state index contributed by atoms with van der Waals surface area (Å²) in [5, 5.41) is 14.4. The van der Waals surface area contributed by atoms with Crippen LogP contribution in [0.5, 0.6) is 0 Å². The molecule has 13 heteroatoms. The van der Waals surface area contributed by atoms with Crippen LogP contribution < -0.4 is 10.6 Å². The number of anilines is 1. The molecule has 0 saturated heterocycles. The molecular formula is C23H35F3N6O3S. The molecule has 0 spiro atoms. The van der Waals surface area contributed by atoms with E-state index in [-0.39, 0.29) is 19.1 Å². The number of unbranched alkanes of at least 4 members (excludes halogenated alkanes) is 4. The Hall–Kier alpha value is -2.43. The van der Waals surface area contributed by atoms with Crippen LogP contribution in [0.2, 0.25) is 0 Å². The van der Waals surface area contributed by atoms with Crippen LogP contribution in [0.4, 0.5) is 18.9 Å². The van der Waals surface area contributed by atoms with Gasteiger partial charge in [-0.2, -0.15) is 18.4 Å². The largest absolute Gasteiger partial charge is 0.404 e. The highest BCUT2D eigenvalue weighted by atomic mass is 32.2. The molecule has 1 aromatic rings. The Morgan fingerprint density at radius 2 is 1.81 bits per heavy atom. The molecule has 0 unspecified atom stereocenters. The summed E-state index contributed by atoms with van der Waals surface area (Å²) < 4.78 is 63.5. The minimum atomic E-state index is -4.82. The Morgan fingerprint density at radius 3 is 2.47 bits per heavy atom. The first-order chi connectivity index (χ1) is 17.2. The zero-order valence-electron chi connectivity index (χ0n) is 20.3. The summed E-state index contributed by atoms with van der Waals surface area (Å²) in [4.78, 5) is 13.7. The molecule has 1 aliphatic rings. The number of sulfonamides is 1. The predicted molar refractivity (Wildman–Crippen MR) is 131 cm³/mol. The number of nitriles is 1. The van der Waals surface area contributed by atoms with Crippen molar-refractivity contribution >= 4 is 21.7 Å². The molecule has 0 amide bonds. The van der Waals surface area contributed by atoms with E-state index < -0.39 is 22.0 Å². The summed E-state index contributed by atoms with van der Waals surface area (Å²) in [7, 11) is -4.60. The van der Waals surface area contributed by atoms with Gasteiger partial charge in [0.05, 0.1) is 6.61 Å². The Morgan fingerprint density at radius 1 is 1.14 bits per heavy atom. The van der Waals surface area contributed by atoms with Gasteiger partial charge in [0.2, 0.25) is 16.0 Å². The molecule has 1 aliphatic carbocycles. The van der Waals surface area contributed by atoms with Gasteiger partial charge in [-0.05, 0) is 43.7 Å². The average molecular weight is 533 g/mol. The van der Waals surface area contributed by atoms with Gasteiger partial charge < -0.3 is 5.32 Å². The second-order valence-electron chi connectivity index (χ2n) is 8.79. The van der Waals surface area contributed by atoms with Gasteiger partial charge in [-0.25, -0.2) is 8.42 Å². The van der Waals surface area contributed by atoms with E-state index in [1.165, 1.54) is 0 Å². The number of halogens is 3. The van der Waals surface area contributed by atoms with E-state index in [9.17, 15) is 21.6 Å². The van der Waals surface area contributed by atoms with Crippen molar-refractivity contribution in [3.63, 3.8) is 0 Å². The topological polar surface area (TPSA) is 120 Å². The van der Waals surface area contributed by atoms with Gasteiger partial charge in [0, 0.05) is 31.2 Å². The fraction of sp³-hybridized carbons (Fsp3) is 0.696. The van der Waals surface area contributed by atoms with Crippen molar-refractivity contribution in [1.29, 1.82) is 5.26 Å². The third-order valence-corrected chi connectivity index (χ3v) is 7.32. The van der Waals surface area contributed by atoms with Crippen molar-refractivity contribution in [3.8, 4) is 6.19 Å². The number of aromatic nitrogens is 1. The lowest BCUT2D eigenvalue weighted by atomic mass is 9.90. The SMILES string of the molecule is N#CNC(=NCCCCCCCN(OCC1CCCCC1)S(=O)(=O)CC(F)(F)F)Nc1ccncc1. The summed E-state index contributed by atoms with van der Waals surface area (Å²) in [6, 6.07) is 3.48. The zero-order valence-corrected chi connectivity index (χ0v) is 21.2. The van der Waals surface area contributed by atoms with Gasteiger partial charge in [-0.15, -0.1) is 0 Å². The van der Waals surface area contributed by atoms with Crippen LogP contribution in [0.3, 0.4) is 0 Å². The van der Waals surface area contributed by atoms with Crippen molar-refractivity contribution < 1.29 is 26.4 Å². The number of hydrogen-bond donors (Lipinski definition) is 2. The lowest BCUT2D eigenvalue weighted by molar-refractivity contribution is -0.121. The maximum atomic E-state index is 12.8. The zero-order chi connectivity index (χ0) is 26.3. The van der Waals surface area contributed by atoms with E-state index in [1.807, 2.05) is 6.19 Å². The first-order valence-electron chi connectivity index (χ1n) is 12.3. The van der Waals surface area contributed by atoms with Gasteiger partial charge in [-0.3, -0.25) is 20.1 Å². The fourth-order valence-electron chi connectivity index (χ4n) is 3.91. The number of hydrogen-bond acceptors (Lipinski definition) is 6. The maximum absolute atomic E-state index is 12.8. The first-order valence-corrected chi connectivity index (χ1v) is 13.9.